The summed E-state index contributed by atoms with van der Waals surface area (Å²) in [5.41, 5.74) is 3.18. The molecule has 0 unspecified atom stereocenters. The number of hydrogen-bond acceptors (Lipinski definition) is 3. The van der Waals surface area contributed by atoms with E-state index in [1.165, 1.54) is 18.7 Å². The van der Waals surface area contributed by atoms with Crippen LogP contribution in [0, 0.1) is 11.8 Å². The molecule has 1 saturated carbocycles. The first-order valence-electron chi connectivity index (χ1n) is 6.99. The normalized spacial score (nSPS) is 25.8. The zero-order chi connectivity index (χ0) is 15.7. The van der Waals surface area contributed by atoms with Crippen LogP contribution >= 0.6 is 35.4 Å². The van der Waals surface area contributed by atoms with Gasteiger partial charge in [-0.2, -0.15) is 5.10 Å². The largest absolute Gasteiger partial charge is 0.506 e. The Morgan fingerprint density at radius 1 is 1.32 bits per heavy atom. The highest BCUT2D eigenvalue weighted by molar-refractivity contribution is 7.80. The predicted octanol–water partition coefficient (Wildman–Crippen LogP) is 3.46. The molecule has 3 rings (SSSR count). The molecule has 3 atom stereocenters. The van der Waals surface area contributed by atoms with Crippen molar-refractivity contribution in [2.45, 2.75) is 18.9 Å². The molecule has 0 saturated heterocycles. The van der Waals surface area contributed by atoms with Gasteiger partial charge in [0.15, 0.2) is 5.11 Å². The van der Waals surface area contributed by atoms with Gasteiger partial charge in [0.25, 0.3) is 0 Å². The fourth-order valence-corrected chi connectivity index (χ4v) is 3.71. The highest BCUT2D eigenvalue weighted by Crippen LogP contribution is 2.38. The molecule has 0 spiro atoms. The van der Waals surface area contributed by atoms with Crippen molar-refractivity contribution in [1.82, 2.24) is 10.7 Å². The molecule has 4 nitrogen and oxygen atoms in total. The number of phenols is 1. The molecule has 0 amide bonds. The van der Waals surface area contributed by atoms with Crippen LogP contribution in [0.1, 0.15) is 18.4 Å². The molecule has 1 aromatic rings. The van der Waals surface area contributed by atoms with Crippen LogP contribution < -0.4 is 10.7 Å². The Morgan fingerprint density at radius 2 is 2.14 bits per heavy atom. The van der Waals surface area contributed by atoms with E-state index in [0.717, 1.165) is 6.42 Å². The number of nitrogens with one attached hydrogen (secondary N) is 2. The van der Waals surface area contributed by atoms with Crippen molar-refractivity contribution >= 4 is 46.7 Å². The molecule has 116 valence electrons. The Balaban J connectivity index is 1.56. The number of aromatic hydroxyl groups is 1. The zero-order valence-electron chi connectivity index (χ0n) is 11.6. The van der Waals surface area contributed by atoms with E-state index in [4.69, 9.17) is 35.4 Å². The van der Waals surface area contributed by atoms with Gasteiger partial charge in [-0.15, -0.1) is 0 Å². The van der Waals surface area contributed by atoms with Crippen LogP contribution in [0.5, 0.6) is 5.75 Å². The van der Waals surface area contributed by atoms with Gasteiger partial charge in [-0.05, 0) is 49.0 Å². The fraction of sp³-hybridized carbons (Fsp3) is 0.333. The van der Waals surface area contributed by atoms with Gasteiger partial charge in [-0.3, -0.25) is 5.43 Å². The summed E-state index contributed by atoms with van der Waals surface area (Å²) in [6, 6.07) is 3.42. The van der Waals surface area contributed by atoms with Crippen LogP contribution in [0.25, 0.3) is 0 Å². The fourth-order valence-electron chi connectivity index (χ4n) is 2.99. The van der Waals surface area contributed by atoms with Crippen molar-refractivity contribution in [1.29, 1.82) is 0 Å². The molecule has 3 N–H and O–H groups in total. The third-order valence-corrected chi connectivity index (χ3v) is 4.74. The second-order valence-corrected chi connectivity index (χ2v) is 6.81. The third-order valence-electron chi connectivity index (χ3n) is 4.02. The minimum atomic E-state index is -0.0614. The van der Waals surface area contributed by atoms with E-state index in [-0.39, 0.29) is 10.8 Å². The maximum atomic E-state index is 9.82. The number of rotatable bonds is 3. The monoisotopic (exact) mass is 355 g/mol. The molecule has 22 heavy (non-hydrogen) atoms. The summed E-state index contributed by atoms with van der Waals surface area (Å²) in [7, 11) is 0. The van der Waals surface area contributed by atoms with Crippen LogP contribution in [0.15, 0.2) is 29.4 Å². The smallest absolute Gasteiger partial charge is 0.187 e. The highest BCUT2D eigenvalue weighted by Gasteiger charge is 2.35. The molecule has 2 aliphatic carbocycles. The number of allylic oxidation sites excluding steroid dienone is 1. The van der Waals surface area contributed by atoms with Crippen molar-refractivity contribution in [3.8, 4) is 5.75 Å². The molecule has 1 fully saturated rings. The van der Waals surface area contributed by atoms with Crippen molar-refractivity contribution in [2.24, 2.45) is 16.9 Å². The average molecular weight is 356 g/mol. The summed E-state index contributed by atoms with van der Waals surface area (Å²) in [5, 5.41) is 18.2. The van der Waals surface area contributed by atoms with Gasteiger partial charge in [0.1, 0.15) is 5.75 Å². The molecular weight excluding hydrogens is 341 g/mol. The van der Waals surface area contributed by atoms with E-state index >= 15 is 0 Å². The van der Waals surface area contributed by atoms with Gasteiger partial charge >= 0.3 is 0 Å². The minimum absolute atomic E-state index is 0.0614. The second kappa shape index (κ2) is 6.44. The van der Waals surface area contributed by atoms with Crippen LogP contribution in [-0.2, 0) is 0 Å². The van der Waals surface area contributed by atoms with Gasteiger partial charge in [-0.25, -0.2) is 0 Å². The first kappa shape index (κ1) is 15.6. The molecular formula is C15H15Cl2N3OS. The Labute approximate surface area is 144 Å². The van der Waals surface area contributed by atoms with Crippen molar-refractivity contribution < 1.29 is 5.11 Å². The molecule has 1 aromatic carbocycles. The van der Waals surface area contributed by atoms with E-state index < -0.39 is 0 Å². The van der Waals surface area contributed by atoms with E-state index in [9.17, 15) is 5.11 Å². The number of hydrazone groups is 1. The summed E-state index contributed by atoms with van der Waals surface area (Å²) in [6.07, 6.45) is 8.28. The first-order valence-corrected chi connectivity index (χ1v) is 8.15. The zero-order valence-corrected chi connectivity index (χ0v) is 13.9. The molecule has 0 heterocycles. The maximum absolute atomic E-state index is 9.82. The molecule has 2 bridgehead atoms. The van der Waals surface area contributed by atoms with E-state index in [0.29, 0.717) is 33.6 Å². The van der Waals surface area contributed by atoms with Crippen LogP contribution in [0.2, 0.25) is 10.0 Å². The standard InChI is InChI=1S/C15H15Cl2N3OS/c16-11-5-10(14(21)12(17)6-11)7-18-20-15(22)19-13-4-8-1-2-9(13)3-8/h1-2,5-9,13,21H,3-4H2,(H2,19,20,22)/b18-7+/t8-,9+,13+/m1/s1. The minimum Gasteiger partial charge on any atom is -0.506 e. The number of thiocarbonyl (C=S) groups is 1. The van der Waals surface area contributed by atoms with Crippen molar-refractivity contribution in [3.63, 3.8) is 0 Å². The van der Waals surface area contributed by atoms with Crippen molar-refractivity contribution in [3.05, 3.63) is 39.9 Å². The Bertz CT molecular complexity index is 662. The second-order valence-electron chi connectivity index (χ2n) is 5.56. The Kier molecular flexibility index (Phi) is 4.57. The summed E-state index contributed by atoms with van der Waals surface area (Å²) >= 11 is 17.0. The van der Waals surface area contributed by atoms with E-state index in [1.807, 2.05) is 0 Å². The lowest BCUT2D eigenvalue weighted by molar-refractivity contribution is 0.474. The van der Waals surface area contributed by atoms with E-state index in [1.54, 1.807) is 6.07 Å². The van der Waals surface area contributed by atoms with Gasteiger partial charge in [-0.1, -0.05) is 35.4 Å². The summed E-state index contributed by atoms with van der Waals surface area (Å²) in [4.78, 5) is 0. The van der Waals surface area contributed by atoms with Crippen LogP contribution in [-0.4, -0.2) is 22.5 Å². The summed E-state index contributed by atoms with van der Waals surface area (Å²) in [6.45, 7) is 0. The lowest BCUT2D eigenvalue weighted by Gasteiger charge is -2.20. The summed E-state index contributed by atoms with van der Waals surface area (Å²) < 4.78 is 0. The molecule has 2 aliphatic rings. The number of phenolic OH excluding ortho intramolecular Hbond substituents is 1. The molecule has 7 heteroatoms. The number of fused-ring (bicyclic) bond motifs is 2. The highest BCUT2D eigenvalue weighted by atomic mass is 35.5. The quantitative estimate of drug-likeness (QED) is 0.336. The Hall–Kier alpha value is -1.30. The summed E-state index contributed by atoms with van der Waals surface area (Å²) in [5.74, 6) is 1.18. The SMILES string of the molecule is Oc1c(Cl)cc(Cl)cc1/C=N/NC(=S)N[C@H]1C[C@@H]2C=C[C@H]1C2. The number of nitrogens with zero attached hydrogens (tertiary/aromatic N) is 1. The third kappa shape index (κ3) is 3.37. The van der Waals surface area contributed by atoms with E-state index in [2.05, 4.69) is 28.0 Å². The van der Waals surface area contributed by atoms with Crippen LogP contribution in [0.3, 0.4) is 0 Å². The maximum Gasteiger partial charge on any atom is 0.187 e. The molecule has 0 aromatic heterocycles. The van der Waals surface area contributed by atoms with Crippen molar-refractivity contribution in [2.75, 3.05) is 0 Å². The van der Waals surface area contributed by atoms with Crippen LogP contribution in [0.4, 0.5) is 0 Å². The number of halogens is 2. The topological polar surface area (TPSA) is 56.7 Å². The Morgan fingerprint density at radius 3 is 2.82 bits per heavy atom. The molecule has 0 radical (unpaired) electrons. The van der Waals surface area contributed by atoms with Gasteiger partial charge in [0.05, 0.1) is 11.2 Å². The van der Waals surface area contributed by atoms with Gasteiger partial charge in [0, 0.05) is 16.6 Å². The molecule has 0 aliphatic heterocycles. The van der Waals surface area contributed by atoms with Gasteiger partial charge < -0.3 is 10.4 Å². The average Bonchev–Trinajstić information content (AvgIpc) is 3.06. The van der Waals surface area contributed by atoms with Gasteiger partial charge in [0.2, 0.25) is 0 Å². The first-order chi connectivity index (χ1) is 10.5. The lowest BCUT2D eigenvalue weighted by atomic mass is 10.0. The number of benzene rings is 1. The number of hydrogen-bond donors (Lipinski definition) is 3. The predicted molar refractivity (Wildman–Crippen MR) is 93.7 cm³/mol. The lowest BCUT2D eigenvalue weighted by Crippen LogP contribution is -2.42.